The number of anilines is 1. The molecule has 1 N–H and O–H groups in total. The zero-order valence-electron chi connectivity index (χ0n) is 22.3. The van der Waals surface area contributed by atoms with Crippen LogP contribution in [0.25, 0.3) is 0 Å². The predicted octanol–water partition coefficient (Wildman–Crippen LogP) is 12.0. The minimum absolute atomic E-state index is 0.0243. The van der Waals surface area contributed by atoms with Gasteiger partial charge in [-0.1, -0.05) is 162 Å². The van der Waals surface area contributed by atoms with E-state index in [0.717, 1.165) is 38.5 Å². The number of rotatable bonds is 22. The Balaban J connectivity index is 2.69. The van der Waals surface area contributed by atoms with Crippen LogP contribution in [0.2, 0.25) is 10.0 Å². The molecule has 0 fully saturated rings. The van der Waals surface area contributed by atoms with Crippen LogP contribution in [0.3, 0.4) is 0 Å². The summed E-state index contributed by atoms with van der Waals surface area (Å²) < 4.78 is 23.3. The fourth-order valence-corrected chi connectivity index (χ4v) is 6.58. The Kier molecular flexibility index (Phi) is 19.6. The molecule has 0 unspecified atom stereocenters. The lowest BCUT2D eigenvalue weighted by atomic mass is 10.1. The van der Waals surface area contributed by atoms with Crippen molar-refractivity contribution in [1.82, 2.24) is 4.98 Å². The van der Waals surface area contributed by atoms with E-state index in [9.17, 15) is 4.57 Å². The summed E-state index contributed by atoms with van der Waals surface area (Å²) in [7, 11) is -3.78. The summed E-state index contributed by atoms with van der Waals surface area (Å²) in [4.78, 5) is 4.01. The van der Waals surface area contributed by atoms with Crippen LogP contribution in [0.1, 0.15) is 122 Å². The molecular weight excluding hydrogens is 597 g/mol. The normalized spacial score (nSPS) is 12.3. The van der Waals surface area contributed by atoms with E-state index in [-0.39, 0.29) is 34.6 Å². The van der Waals surface area contributed by atoms with Crippen LogP contribution in [0, 0.1) is 0 Å². The van der Waals surface area contributed by atoms with Crippen LogP contribution in [-0.2, 0) is 17.4 Å². The van der Waals surface area contributed by atoms with Crippen LogP contribution in [0.4, 0.5) is 5.69 Å². The van der Waals surface area contributed by atoms with E-state index >= 15 is 0 Å². The van der Waals surface area contributed by atoms with Gasteiger partial charge in [-0.3, -0.25) is 19.1 Å². The first-order valence-electron chi connectivity index (χ1n) is 13.7. The number of nitrogens with one attached hydrogen (secondary N) is 1. The molecule has 0 aromatic carbocycles. The number of nitrogens with zero attached hydrogens (tertiary/aromatic N) is 1. The van der Waals surface area contributed by atoms with E-state index in [1.807, 2.05) is 0 Å². The lowest BCUT2D eigenvalue weighted by Gasteiger charge is -2.23. The van der Waals surface area contributed by atoms with E-state index in [2.05, 4.69) is 23.9 Å². The maximum atomic E-state index is 13.7. The molecule has 0 saturated heterocycles. The molecule has 11 heteroatoms. The van der Waals surface area contributed by atoms with Crippen molar-refractivity contribution in [3.63, 3.8) is 0 Å². The highest BCUT2D eigenvalue weighted by atomic mass is 35.6. The van der Waals surface area contributed by atoms with Gasteiger partial charge < -0.3 is 0 Å². The first-order valence-corrected chi connectivity index (χ1v) is 17.2. The summed E-state index contributed by atoms with van der Waals surface area (Å²) in [6.07, 6.45) is 19.6. The maximum Gasteiger partial charge on any atom is 0.432 e. The molecule has 1 rings (SSSR count). The van der Waals surface area contributed by atoms with E-state index in [1.165, 1.54) is 70.4 Å². The van der Waals surface area contributed by atoms with Crippen LogP contribution in [0.15, 0.2) is 6.20 Å². The molecule has 1 aromatic heterocycles. The summed E-state index contributed by atoms with van der Waals surface area (Å²) in [6, 6.07) is 0. The zero-order valence-corrected chi connectivity index (χ0v) is 27.0. The Bertz CT molecular complexity index is 770. The fraction of sp³-hybridized carbons (Fsp3) is 0.808. The smallest absolute Gasteiger partial charge is 0.292 e. The molecule has 0 saturated carbocycles. The van der Waals surface area contributed by atoms with Gasteiger partial charge in [0.2, 0.25) is 3.79 Å². The highest BCUT2D eigenvalue weighted by Crippen LogP contribution is 2.53. The van der Waals surface area contributed by atoms with Crippen molar-refractivity contribution in [1.29, 1.82) is 0 Å². The van der Waals surface area contributed by atoms with Crippen molar-refractivity contribution < 1.29 is 13.6 Å². The Morgan fingerprint density at radius 2 is 1.16 bits per heavy atom. The summed E-state index contributed by atoms with van der Waals surface area (Å²) in [6.45, 7) is 5.00. The Morgan fingerprint density at radius 1 is 0.757 bits per heavy atom. The van der Waals surface area contributed by atoms with Gasteiger partial charge in [0.15, 0.2) is 0 Å². The predicted molar refractivity (Wildman–Crippen MR) is 162 cm³/mol. The van der Waals surface area contributed by atoms with Crippen molar-refractivity contribution in [3.05, 3.63) is 21.9 Å². The lowest BCUT2D eigenvalue weighted by molar-refractivity contribution is 0.201. The van der Waals surface area contributed by atoms with Gasteiger partial charge >= 0.3 is 7.75 Å². The topological polar surface area (TPSA) is 60.5 Å². The molecule has 216 valence electrons. The third-order valence-corrected chi connectivity index (χ3v) is 8.74. The highest BCUT2D eigenvalue weighted by molar-refractivity contribution is 7.55. The summed E-state index contributed by atoms with van der Waals surface area (Å²) in [5, 5.41) is 2.86. The first kappa shape index (κ1) is 35.6. The third-order valence-electron chi connectivity index (χ3n) is 6.01. The summed E-state index contributed by atoms with van der Waals surface area (Å²) in [5.41, 5.74) is 0.0820. The Morgan fingerprint density at radius 3 is 1.57 bits per heavy atom. The average Bonchev–Trinajstić information content (AvgIpc) is 2.84. The minimum Gasteiger partial charge on any atom is -0.292 e. The minimum atomic E-state index is -3.78. The second-order valence-electron chi connectivity index (χ2n) is 9.37. The molecule has 1 heterocycles. The molecule has 0 bridgehead atoms. The number of unbranched alkanes of at least 4 members (excludes halogenated alkanes) is 14. The van der Waals surface area contributed by atoms with Gasteiger partial charge in [0.25, 0.3) is 0 Å². The second kappa shape index (κ2) is 20.4. The van der Waals surface area contributed by atoms with Crippen LogP contribution in [0.5, 0.6) is 0 Å². The molecule has 1 aromatic rings. The molecular formula is C26H44Cl5N2O3P. The van der Waals surface area contributed by atoms with Gasteiger partial charge in [-0.25, -0.2) is 4.57 Å². The molecule has 0 atom stereocenters. The van der Waals surface area contributed by atoms with Crippen molar-refractivity contribution >= 4 is 71.4 Å². The fourth-order valence-electron chi connectivity index (χ4n) is 3.85. The van der Waals surface area contributed by atoms with E-state index in [0.29, 0.717) is 0 Å². The quantitative estimate of drug-likeness (QED) is 0.0776. The molecule has 0 radical (unpaired) electrons. The third kappa shape index (κ3) is 15.8. The van der Waals surface area contributed by atoms with E-state index in [4.69, 9.17) is 67.1 Å². The molecule has 0 spiro atoms. The average molecular weight is 641 g/mol. The Hall–Kier alpha value is 0.550. The highest BCUT2D eigenvalue weighted by Gasteiger charge is 2.33. The summed E-state index contributed by atoms with van der Waals surface area (Å²) >= 11 is 30.7. The van der Waals surface area contributed by atoms with Gasteiger partial charge in [0.05, 0.1) is 28.9 Å². The van der Waals surface area contributed by atoms with E-state index < -0.39 is 11.5 Å². The first-order chi connectivity index (χ1) is 17.6. The number of alkyl halides is 3. The standard InChI is InChI=1S/C26H44Cl5N2O3P/c1-3-5-7-9-11-13-15-17-19-35-37(34,36-20-18-16-14-12-10-8-6-4-2)33-24-22(27)21-32-25(23(24)28)26(29,30)31/h21H,3-20H2,1-2H3,(H,32,33,34). The van der Waals surface area contributed by atoms with E-state index in [1.54, 1.807) is 0 Å². The van der Waals surface area contributed by atoms with Gasteiger partial charge in [-0.05, 0) is 12.8 Å². The second-order valence-corrected chi connectivity index (χ2v) is 14.2. The largest absolute Gasteiger partial charge is 0.432 e. The molecule has 0 aliphatic rings. The monoisotopic (exact) mass is 638 g/mol. The van der Waals surface area contributed by atoms with Crippen LogP contribution < -0.4 is 5.09 Å². The van der Waals surface area contributed by atoms with Crippen LogP contribution in [-0.4, -0.2) is 18.2 Å². The van der Waals surface area contributed by atoms with Crippen LogP contribution >= 0.6 is 65.8 Å². The molecule has 0 aliphatic carbocycles. The van der Waals surface area contributed by atoms with Gasteiger partial charge in [0, 0.05) is 6.20 Å². The van der Waals surface area contributed by atoms with Crippen molar-refractivity contribution in [2.45, 2.75) is 120 Å². The molecule has 5 nitrogen and oxygen atoms in total. The number of aromatic nitrogens is 1. The number of hydrogen-bond acceptors (Lipinski definition) is 4. The van der Waals surface area contributed by atoms with Gasteiger partial charge in [-0.2, -0.15) is 0 Å². The van der Waals surface area contributed by atoms with Gasteiger partial charge in [-0.15, -0.1) is 0 Å². The van der Waals surface area contributed by atoms with Gasteiger partial charge in [0.1, 0.15) is 5.69 Å². The Labute approximate surface area is 249 Å². The molecule has 37 heavy (non-hydrogen) atoms. The number of halogens is 5. The van der Waals surface area contributed by atoms with Crippen molar-refractivity contribution in [2.75, 3.05) is 18.3 Å². The maximum absolute atomic E-state index is 13.7. The van der Waals surface area contributed by atoms with Crippen molar-refractivity contribution in [2.24, 2.45) is 0 Å². The SMILES string of the molecule is CCCCCCCCCCOP(=O)(Nc1c(Cl)cnc(C(Cl)(Cl)Cl)c1Cl)OCCCCCCCCCC. The zero-order chi connectivity index (χ0) is 27.6. The number of hydrogen-bond donors (Lipinski definition) is 1. The lowest BCUT2D eigenvalue weighted by Crippen LogP contribution is -2.11. The molecule has 0 aliphatic heterocycles. The molecule has 0 amide bonds. The summed E-state index contributed by atoms with van der Waals surface area (Å²) in [5.74, 6) is 0. The van der Waals surface area contributed by atoms with Crippen molar-refractivity contribution in [3.8, 4) is 0 Å². The number of pyridine rings is 1.